The Kier molecular flexibility index (Phi) is 4.18. The van der Waals surface area contributed by atoms with Crippen molar-refractivity contribution in [2.75, 3.05) is 0 Å². The molecule has 0 radical (unpaired) electrons. The van der Waals surface area contributed by atoms with Gasteiger partial charge in [-0.3, -0.25) is 9.59 Å². The maximum atomic E-state index is 13.4. The second-order valence-corrected chi connectivity index (χ2v) is 4.69. The van der Waals surface area contributed by atoms with Crippen LogP contribution in [0.3, 0.4) is 0 Å². The average Bonchev–Trinajstić information content (AvgIpc) is 2.19. The first-order valence-corrected chi connectivity index (χ1v) is 5.52. The second-order valence-electron chi connectivity index (χ2n) is 3.32. The SMILES string of the molecule is CC(Br)C(=O)c1cccc(F)c1CC(=O)O. The van der Waals surface area contributed by atoms with E-state index in [1.807, 2.05) is 0 Å². The monoisotopic (exact) mass is 288 g/mol. The summed E-state index contributed by atoms with van der Waals surface area (Å²) in [6, 6.07) is 3.97. The van der Waals surface area contributed by atoms with Gasteiger partial charge in [-0.1, -0.05) is 28.1 Å². The Labute approximate surface area is 100 Å². The molecule has 1 N–H and O–H groups in total. The molecule has 16 heavy (non-hydrogen) atoms. The van der Waals surface area contributed by atoms with E-state index in [-0.39, 0.29) is 16.9 Å². The van der Waals surface area contributed by atoms with Crippen molar-refractivity contribution in [1.29, 1.82) is 0 Å². The van der Waals surface area contributed by atoms with Gasteiger partial charge in [0.25, 0.3) is 0 Å². The molecule has 0 saturated carbocycles. The average molecular weight is 289 g/mol. The van der Waals surface area contributed by atoms with Gasteiger partial charge >= 0.3 is 5.97 Å². The van der Waals surface area contributed by atoms with Gasteiger partial charge in [0.2, 0.25) is 0 Å². The van der Waals surface area contributed by atoms with E-state index >= 15 is 0 Å². The predicted octanol–water partition coefficient (Wildman–Crippen LogP) is 2.42. The number of carboxylic acid groups (broad SMARTS) is 1. The molecule has 3 nitrogen and oxygen atoms in total. The van der Waals surface area contributed by atoms with Crippen LogP contribution in [0.2, 0.25) is 0 Å². The van der Waals surface area contributed by atoms with Gasteiger partial charge < -0.3 is 5.11 Å². The molecule has 1 rings (SSSR count). The molecule has 0 aromatic heterocycles. The van der Waals surface area contributed by atoms with Crippen molar-refractivity contribution in [2.45, 2.75) is 18.2 Å². The molecule has 1 aromatic carbocycles. The Morgan fingerprint density at radius 1 is 1.50 bits per heavy atom. The lowest BCUT2D eigenvalue weighted by Gasteiger charge is -2.09. The van der Waals surface area contributed by atoms with Crippen molar-refractivity contribution in [1.82, 2.24) is 0 Å². The van der Waals surface area contributed by atoms with Crippen molar-refractivity contribution in [3.05, 3.63) is 35.1 Å². The largest absolute Gasteiger partial charge is 0.481 e. The summed E-state index contributed by atoms with van der Waals surface area (Å²) in [7, 11) is 0. The van der Waals surface area contributed by atoms with E-state index in [0.29, 0.717) is 0 Å². The molecular formula is C11H10BrFO3. The van der Waals surface area contributed by atoms with E-state index in [9.17, 15) is 14.0 Å². The summed E-state index contributed by atoms with van der Waals surface area (Å²) in [5.41, 5.74) is 0.0538. The molecule has 0 aliphatic rings. The minimum absolute atomic E-state index is 0.0636. The number of aliphatic carboxylic acids is 1. The highest BCUT2D eigenvalue weighted by Gasteiger charge is 2.19. The van der Waals surface area contributed by atoms with Crippen molar-refractivity contribution in [2.24, 2.45) is 0 Å². The first-order valence-electron chi connectivity index (χ1n) is 4.61. The summed E-state index contributed by atoms with van der Waals surface area (Å²) in [5.74, 6) is -2.15. The summed E-state index contributed by atoms with van der Waals surface area (Å²) in [4.78, 5) is 21.8. The van der Waals surface area contributed by atoms with Gasteiger partial charge in [-0.15, -0.1) is 0 Å². The number of carboxylic acids is 1. The smallest absolute Gasteiger partial charge is 0.307 e. The zero-order valence-electron chi connectivity index (χ0n) is 8.54. The Hall–Kier alpha value is -1.23. The zero-order chi connectivity index (χ0) is 12.3. The quantitative estimate of drug-likeness (QED) is 0.684. The number of hydrogen-bond acceptors (Lipinski definition) is 2. The van der Waals surface area contributed by atoms with Crippen molar-refractivity contribution >= 4 is 27.7 Å². The fourth-order valence-electron chi connectivity index (χ4n) is 1.33. The first kappa shape index (κ1) is 12.8. The summed E-state index contributed by atoms with van der Waals surface area (Å²) in [6.45, 7) is 1.61. The Bertz CT molecular complexity index is 429. The normalized spacial score (nSPS) is 12.2. The fraction of sp³-hybridized carbons (Fsp3) is 0.273. The topological polar surface area (TPSA) is 54.4 Å². The van der Waals surface area contributed by atoms with Gasteiger partial charge in [-0.25, -0.2) is 4.39 Å². The number of halogens is 2. The van der Waals surface area contributed by atoms with E-state index in [1.165, 1.54) is 12.1 Å². The molecule has 0 bridgehead atoms. The lowest BCUT2D eigenvalue weighted by atomic mass is 9.99. The zero-order valence-corrected chi connectivity index (χ0v) is 10.1. The van der Waals surface area contributed by atoms with E-state index in [4.69, 9.17) is 5.11 Å². The molecule has 0 amide bonds. The van der Waals surface area contributed by atoms with Crippen LogP contribution in [-0.4, -0.2) is 21.7 Å². The van der Waals surface area contributed by atoms with Gasteiger partial charge in [0.15, 0.2) is 5.78 Å². The maximum absolute atomic E-state index is 13.4. The molecular weight excluding hydrogens is 279 g/mol. The molecule has 0 saturated heterocycles. The molecule has 0 aliphatic carbocycles. The molecule has 0 fully saturated rings. The third-order valence-electron chi connectivity index (χ3n) is 2.07. The molecule has 1 unspecified atom stereocenters. The second kappa shape index (κ2) is 5.21. The summed E-state index contributed by atoms with van der Waals surface area (Å²) in [6.07, 6.45) is -0.493. The van der Waals surface area contributed by atoms with Crippen molar-refractivity contribution < 1.29 is 19.1 Å². The fourth-order valence-corrected chi connectivity index (χ4v) is 1.58. The molecule has 0 aliphatic heterocycles. The molecule has 0 spiro atoms. The van der Waals surface area contributed by atoms with E-state index in [1.54, 1.807) is 6.92 Å². The highest BCUT2D eigenvalue weighted by molar-refractivity contribution is 9.10. The van der Waals surface area contributed by atoms with Crippen LogP contribution in [0.15, 0.2) is 18.2 Å². The highest BCUT2D eigenvalue weighted by atomic mass is 79.9. The van der Waals surface area contributed by atoms with Crippen LogP contribution < -0.4 is 0 Å². The highest BCUT2D eigenvalue weighted by Crippen LogP contribution is 2.18. The van der Waals surface area contributed by atoms with Gasteiger partial charge in [0, 0.05) is 11.1 Å². The van der Waals surface area contributed by atoms with Crippen LogP contribution in [0, 0.1) is 5.82 Å². The van der Waals surface area contributed by atoms with Gasteiger partial charge in [-0.05, 0) is 13.0 Å². The van der Waals surface area contributed by atoms with Gasteiger partial charge in [-0.2, -0.15) is 0 Å². The van der Waals surface area contributed by atoms with Crippen molar-refractivity contribution in [3.63, 3.8) is 0 Å². The van der Waals surface area contributed by atoms with Crippen LogP contribution in [0.5, 0.6) is 0 Å². The summed E-state index contributed by atoms with van der Waals surface area (Å²) < 4.78 is 13.4. The maximum Gasteiger partial charge on any atom is 0.307 e. The molecule has 86 valence electrons. The number of Topliss-reactive ketones (excluding diaryl/α,β-unsaturated/α-hetero) is 1. The third kappa shape index (κ3) is 2.88. The molecule has 1 atom stereocenters. The van der Waals surface area contributed by atoms with Crippen LogP contribution >= 0.6 is 15.9 Å². The number of alkyl halides is 1. The van der Waals surface area contributed by atoms with Crippen LogP contribution in [-0.2, 0) is 11.2 Å². The van der Waals surface area contributed by atoms with E-state index in [0.717, 1.165) is 6.07 Å². The predicted molar refractivity (Wildman–Crippen MR) is 60.5 cm³/mol. The number of carbonyl (C=O) groups excluding carboxylic acids is 1. The molecule has 5 heteroatoms. The van der Waals surface area contributed by atoms with Gasteiger partial charge in [0.1, 0.15) is 5.82 Å². The van der Waals surface area contributed by atoms with Crippen LogP contribution in [0.4, 0.5) is 4.39 Å². The molecule has 0 heterocycles. The minimum Gasteiger partial charge on any atom is -0.481 e. The first-order chi connectivity index (χ1) is 7.43. The summed E-state index contributed by atoms with van der Waals surface area (Å²) in [5, 5.41) is 8.65. The lowest BCUT2D eigenvalue weighted by Crippen LogP contribution is -2.15. The molecule has 1 aromatic rings. The number of hydrogen-bond donors (Lipinski definition) is 1. The minimum atomic E-state index is -1.17. The Morgan fingerprint density at radius 2 is 2.12 bits per heavy atom. The van der Waals surface area contributed by atoms with Crippen LogP contribution in [0.25, 0.3) is 0 Å². The summed E-state index contributed by atoms with van der Waals surface area (Å²) >= 11 is 3.08. The number of benzene rings is 1. The Morgan fingerprint density at radius 3 is 2.62 bits per heavy atom. The van der Waals surface area contributed by atoms with Crippen molar-refractivity contribution in [3.8, 4) is 0 Å². The standard InChI is InChI=1S/C11H10BrFO3/c1-6(12)11(16)7-3-2-4-9(13)8(7)5-10(14)15/h2-4,6H,5H2,1H3,(H,14,15). The Balaban J connectivity index is 3.22. The van der Waals surface area contributed by atoms with Gasteiger partial charge in [0.05, 0.1) is 11.2 Å². The number of carbonyl (C=O) groups is 2. The number of ketones is 1. The van der Waals surface area contributed by atoms with Crippen LogP contribution in [0.1, 0.15) is 22.8 Å². The van der Waals surface area contributed by atoms with E-state index in [2.05, 4.69) is 15.9 Å². The third-order valence-corrected chi connectivity index (χ3v) is 2.49. The lowest BCUT2D eigenvalue weighted by molar-refractivity contribution is -0.136. The number of rotatable bonds is 4. The van der Waals surface area contributed by atoms with E-state index < -0.39 is 23.0 Å².